The summed E-state index contributed by atoms with van der Waals surface area (Å²) >= 11 is 0. The van der Waals surface area contributed by atoms with Gasteiger partial charge in [0.05, 0.1) is 6.61 Å². The largest absolute Gasteiger partial charge is 0.394 e. The Hall–Kier alpha value is -2.06. The van der Waals surface area contributed by atoms with Crippen molar-refractivity contribution in [3.63, 3.8) is 0 Å². The summed E-state index contributed by atoms with van der Waals surface area (Å²) in [7, 11) is 0. The monoisotopic (exact) mass is 219 g/mol. The molecule has 0 unspecified atom stereocenters. The number of anilines is 2. The lowest BCUT2D eigenvalue weighted by Gasteiger charge is -2.09. The van der Waals surface area contributed by atoms with Crippen molar-refractivity contribution in [3.8, 4) is 0 Å². The lowest BCUT2D eigenvalue weighted by Crippen LogP contribution is -2.18. The first kappa shape index (κ1) is 12.0. The molecule has 0 heterocycles. The van der Waals surface area contributed by atoms with Crippen LogP contribution in [0.4, 0.5) is 11.4 Å². The van der Waals surface area contributed by atoms with Gasteiger partial charge >= 0.3 is 0 Å². The maximum atomic E-state index is 10.8. The minimum Gasteiger partial charge on any atom is -0.394 e. The van der Waals surface area contributed by atoms with Gasteiger partial charge in [-0.1, -0.05) is 5.01 Å². The van der Waals surface area contributed by atoms with Gasteiger partial charge in [0.2, 0.25) is 5.91 Å². The normalized spacial score (nSPS) is 9.31. The van der Waals surface area contributed by atoms with Crippen LogP contribution in [0, 0.1) is 6.57 Å². The van der Waals surface area contributed by atoms with Gasteiger partial charge in [-0.05, 0) is 24.3 Å². The summed E-state index contributed by atoms with van der Waals surface area (Å²) in [6, 6.07) is 6.87. The average molecular weight is 219 g/mol. The summed E-state index contributed by atoms with van der Waals surface area (Å²) in [6.45, 7) is 8.57. The Bertz CT molecular complexity index is 395. The van der Waals surface area contributed by atoms with Crippen molar-refractivity contribution in [1.82, 2.24) is 0 Å². The second-order valence-corrected chi connectivity index (χ2v) is 3.17. The van der Waals surface area contributed by atoms with E-state index in [9.17, 15) is 4.79 Å². The molecule has 1 amide bonds. The summed E-state index contributed by atoms with van der Waals surface area (Å²) in [4.78, 5) is 14.1. The van der Waals surface area contributed by atoms with Crippen molar-refractivity contribution in [3.05, 3.63) is 35.8 Å². The molecule has 5 heteroatoms. The third kappa shape index (κ3) is 3.26. The van der Waals surface area contributed by atoms with Gasteiger partial charge in [0.25, 0.3) is 0 Å². The molecule has 0 aliphatic heterocycles. The van der Waals surface area contributed by atoms with E-state index in [4.69, 9.17) is 11.7 Å². The van der Waals surface area contributed by atoms with E-state index in [1.54, 1.807) is 24.3 Å². The Kier molecular flexibility index (Phi) is 4.30. The molecule has 0 bridgehead atoms. The highest BCUT2D eigenvalue weighted by molar-refractivity contribution is 5.88. The van der Waals surface area contributed by atoms with Gasteiger partial charge in [-0.2, -0.15) is 11.5 Å². The van der Waals surface area contributed by atoms with Crippen LogP contribution >= 0.6 is 0 Å². The minimum absolute atomic E-state index is 0.0736. The standard InChI is InChI=1S/C11H13N3O2/c1-9(16)13-10-3-5-11(6-4-10)14(12-2)7-8-15/h3-6,15H,7-8H2,1H3,(H,13,16). The fourth-order valence-electron chi connectivity index (χ4n) is 1.25. The van der Waals surface area contributed by atoms with Crippen molar-refractivity contribution in [2.45, 2.75) is 6.92 Å². The number of aliphatic hydroxyl groups excluding tert-OH is 1. The molecule has 0 aromatic heterocycles. The zero-order valence-electron chi connectivity index (χ0n) is 8.97. The zero-order valence-corrected chi connectivity index (χ0v) is 8.97. The third-order valence-corrected chi connectivity index (χ3v) is 1.92. The SMILES string of the molecule is [C-]#[N+]N(CCO)c1ccc(NC(C)=O)cc1. The van der Waals surface area contributed by atoms with E-state index in [1.807, 2.05) is 0 Å². The highest BCUT2D eigenvalue weighted by Gasteiger charge is 2.08. The first-order chi connectivity index (χ1) is 7.67. The molecule has 0 saturated heterocycles. The fraction of sp³-hybridized carbons (Fsp3) is 0.273. The van der Waals surface area contributed by atoms with Crippen molar-refractivity contribution >= 4 is 17.3 Å². The highest BCUT2D eigenvalue weighted by Crippen LogP contribution is 2.17. The molecule has 16 heavy (non-hydrogen) atoms. The topological polar surface area (TPSA) is 56.9 Å². The number of carbonyl (C=O) groups excluding carboxylic acids is 1. The van der Waals surface area contributed by atoms with Crippen molar-refractivity contribution in [2.75, 3.05) is 23.5 Å². The van der Waals surface area contributed by atoms with Crippen LogP contribution < -0.4 is 10.3 Å². The number of nitrogens with one attached hydrogen (secondary N) is 1. The number of carbonyl (C=O) groups is 1. The first-order valence-corrected chi connectivity index (χ1v) is 4.81. The van der Waals surface area contributed by atoms with E-state index >= 15 is 0 Å². The number of nitrogens with zero attached hydrogens (tertiary/aromatic N) is 2. The van der Waals surface area contributed by atoms with Crippen LogP contribution in [0.15, 0.2) is 24.3 Å². The highest BCUT2D eigenvalue weighted by atomic mass is 16.3. The average Bonchev–Trinajstić information content (AvgIpc) is 2.26. The second kappa shape index (κ2) is 5.73. The lowest BCUT2D eigenvalue weighted by molar-refractivity contribution is -0.114. The maximum Gasteiger partial charge on any atom is 0.221 e. The molecular weight excluding hydrogens is 206 g/mol. The van der Waals surface area contributed by atoms with Crippen LogP contribution in [-0.2, 0) is 4.79 Å². The van der Waals surface area contributed by atoms with Gasteiger partial charge < -0.3 is 10.4 Å². The van der Waals surface area contributed by atoms with Gasteiger partial charge in [-0.3, -0.25) is 4.79 Å². The predicted molar refractivity (Wildman–Crippen MR) is 61.8 cm³/mol. The number of amides is 1. The van der Waals surface area contributed by atoms with Crippen LogP contribution in [0.2, 0.25) is 0 Å². The van der Waals surface area contributed by atoms with E-state index in [1.165, 1.54) is 11.9 Å². The molecule has 1 rings (SSSR count). The molecule has 0 atom stereocenters. The molecule has 0 spiro atoms. The lowest BCUT2D eigenvalue weighted by atomic mass is 10.2. The smallest absolute Gasteiger partial charge is 0.221 e. The van der Waals surface area contributed by atoms with Gasteiger partial charge in [-0.15, -0.1) is 0 Å². The van der Waals surface area contributed by atoms with Gasteiger partial charge in [0.15, 0.2) is 0 Å². The van der Waals surface area contributed by atoms with Crippen LogP contribution in [0.25, 0.3) is 4.95 Å². The van der Waals surface area contributed by atoms with E-state index in [-0.39, 0.29) is 19.1 Å². The number of benzene rings is 1. The van der Waals surface area contributed by atoms with Crippen molar-refractivity contribution in [2.24, 2.45) is 0 Å². The van der Waals surface area contributed by atoms with Crippen molar-refractivity contribution < 1.29 is 9.90 Å². The maximum absolute atomic E-state index is 10.8. The molecule has 1 aromatic rings. The van der Waals surface area contributed by atoms with Crippen LogP contribution in [0.1, 0.15) is 6.92 Å². The van der Waals surface area contributed by atoms with E-state index in [0.717, 1.165) is 0 Å². The summed E-state index contributed by atoms with van der Waals surface area (Å²) in [5, 5.41) is 12.8. The Morgan fingerprint density at radius 1 is 1.50 bits per heavy atom. The number of hydrogen-bond donors (Lipinski definition) is 2. The number of rotatable bonds is 4. The predicted octanol–water partition coefficient (Wildman–Crippen LogP) is 1.28. The van der Waals surface area contributed by atoms with E-state index in [2.05, 4.69) is 10.3 Å². The Balaban J connectivity index is 2.77. The summed E-state index contributed by atoms with van der Waals surface area (Å²) in [6.07, 6.45) is 0. The van der Waals surface area contributed by atoms with Gasteiger partial charge in [0, 0.05) is 12.6 Å². The Morgan fingerprint density at radius 2 is 2.12 bits per heavy atom. The second-order valence-electron chi connectivity index (χ2n) is 3.17. The molecule has 0 saturated carbocycles. The quantitative estimate of drug-likeness (QED) is 0.592. The third-order valence-electron chi connectivity index (χ3n) is 1.92. The molecule has 0 aliphatic carbocycles. The molecule has 0 aliphatic rings. The summed E-state index contributed by atoms with van der Waals surface area (Å²) in [5.74, 6) is -0.134. The number of hydrogen-bond acceptors (Lipinski definition) is 3. The molecule has 1 aromatic carbocycles. The van der Waals surface area contributed by atoms with Crippen LogP contribution in [0.5, 0.6) is 0 Å². The molecule has 0 radical (unpaired) electrons. The van der Waals surface area contributed by atoms with Gasteiger partial charge in [0.1, 0.15) is 12.2 Å². The molecule has 0 fully saturated rings. The zero-order chi connectivity index (χ0) is 12.0. The van der Waals surface area contributed by atoms with E-state index < -0.39 is 0 Å². The number of aliphatic hydroxyl groups is 1. The van der Waals surface area contributed by atoms with E-state index in [0.29, 0.717) is 11.4 Å². The summed E-state index contributed by atoms with van der Waals surface area (Å²) < 4.78 is 0. The van der Waals surface area contributed by atoms with Gasteiger partial charge in [-0.25, -0.2) is 0 Å². The fourth-order valence-corrected chi connectivity index (χ4v) is 1.25. The Morgan fingerprint density at radius 3 is 2.56 bits per heavy atom. The summed E-state index contributed by atoms with van der Waals surface area (Å²) in [5.41, 5.74) is 1.38. The Labute approximate surface area is 94.1 Å². The van der Waals surface area contributed by atoms with Crippen molar-refractivity contribution in [1.29, 1.82) is 0 Å². The molecule has 5 nitrogen and oxygen atoms in total. The molecule has 84 valence electrons. The van der Waals surface area contributed by atoms with Crippen LogP contribution in [0.3, 0.4) is 0 Å². The molecular formula is C11H13N3O2. The minimum atomic E-state index is -0.134. The van der Waals surface area contributed by atoms with Crippen LogP contribution in [-0.4, -0.2) is 24.2 Å². The molecule has 2 N–H and O–H groups in total. The first-order valence-electron chi connectivity index (χ1n) is 4.81.